The van der Waals surface area contributed by atoms with Gasteiger partial charge in [-0.15, -0.1) is 0 Å². The first-order valence-electron chi connectivity index (χ1n) is 7.23. The molecule has 0 aliphatic carbocycles. The van der Waals surface area contributed by atoms with Crippen molar-refractivity contribution in [2.75, 3.05) is 26.7 Å². The van der Waals surface area contributed by atoms with E-state index >= 15 is 0 Å². The molecule has 1 fully saturated rings. The monoisotopic (exact) mass is 306 g/mol. The Morgan fingerprint density at radius 1 is 1.48 bits per heavy atom. The van der Waals surface area contributed by atoms with Crippen molar-refractivity contribution in [1.29, 1.82) is 0 Å². The molecule has 0 radical (unpaired) electrons. The van der Waals surface area contributed by atoms with Crippen molar-refractivity contribution >= 4 is 28.5 Å². The molecule has 1 aromatic heterocycles. The third kappa shape index (κ3) is 3.19. The van der Waals surface area contributed by atoms with Crippen LogP contribution < -0.4 is 5.32 Å². The van der Waals surface area contributed by atoms with Crippen molar-refractivity contribution in [1.82, 2.24) is 20.2 Å². The Morgan fingerprint density at radius 2 is 2.24 bits per heavy atom. The second-order valence-corrected chi connectivity index (χ2v) is 6.15. The van der Waals surface area contributed by atoms with Gasteiger partial charge in [0.2, 0.25) is 0 Å². The van der Waals surface area contributed by atoms with Crippen molar-refractivity contribution in [3.8, 4) is 0 Å². The van der Waals surface area contributed by atoms with E-state index in [2.05, 4.69) is 27.2 Å². The Kier molecular flexibility index (Phi) is 4.12. The largest absolute Gasteiger partial charge is 0.352 e. The molecule has 112 valence electrons. The van der Waals surface area contributed by atoms with E-state index in [4.69, 9.17) is 11.6 Å². The lowest BCUT2D eigenvalue weighted by Crippen LogP contribution is -2.36. The Morgan fingerprint density at radius 3 is 3.00 bits per heavy atom. The van der Waals surface area contributed by atoms with Gasteiger partial charge in [0.25, 0.3) is 5.91 Å². The van der Waals surface area contributed by atoms with E-state index in [9.17, 15) is 4.79 Å². The summed E-state index contributed by atoms with van der Waals surface area (Å²) in [5, 5.41) is 3.56. The molecule has 21 heavy (non-hydrogen) atoms. The molecule has 0 saturated carbocycles. The van der Waals surface area contributed by atoms with Crippen LogP contribution in [0.4, 0.5) is 0 Å². The number of likely N-dealkylation sites (tertiary alicyclic amines) is 1. The maximum absolute atomic E-state index is 12.4. The van der Waals surface area contributed by atoms with Gasteiger partial charge in [0, 0.05) is 11.6 Å². The summed E-state index contributed by atoms with van der Waals surface area (Å²) in [6.07, 6.45) is 3.84. The number of piperidine rings is 1. The quantitative estimate of drug-likeness (QED) is 0.914. The molecule has 1 saturated heterocycles. The molecule has 5 nitrogen and oxygen atoms in total. The summed E-state index contributed by atoms with van der Waals surface area (Å²) in [5.41, 5.74) is 1.99. The van der Waals surface area contributed by atoms with Gasteiger partial charge in [-0.3, -0.25) is 4.79 Å². The number of aromatic amines is 1. The van der Waals surface area contributed by atoms with E-state index in [0.29, 0.717) is 28.6 Å². The van der Waals surface area contributed by atoms with Crippen LogP contribution in [0.5, 0.6) is 0 Å². The van der Waals surface area contributed by atoms with Gasteiger partial charge in [-0.1, -0.05) is 11.6 Å². The summed E-state index contributed by atoms with van der Waals surface area (Å²) in [6.45, 7) is 2.91. The Balaban J connectivity index is 1.68. The topological polar surface area (TPSA) is 61.0 Å². The average molecular weight is 307 g/mol. The van der Waals surface area contributed by atoms with Crippen LogP contribution in [0.3, 0.4) is 0 Å². The highest BCUT2D eigenvalue weighted by atomic mass is 35.5. The third-order valence-electron chi connectivity index (χ3n) is 4.12. The average Bonchev–Trinajstić information content (AvgIpc) is 2.93. The molecule has 2 heterocycles. The number of hydrogen-bond donors (Lipinski definition) is 2. The van der Waals surface area contributed by atoms with Crippen LogP contribution in [0.2, 0.25) is 5.02 Å². The van der Waals surface area contributed by atoms with Crippen LogP contribution in [0, 0.1) is 5.92 Å². The molecule has 1 aromatic carbocycles. The molecule has 0 bridgehead atoms. The van der Waals surface area contributed by atoms with Gasteiger partial charge in [0.05, 0.1) is 17.4 Å². The van der Waals surface area contributed by atoms with Gasteiger partial charge >= 0.3 is 0 Å². The number of aromatic nitrogens is 2. The Hall–Kier alpha value is -1.59. The van der Waals surface area contributed by atoms with Gasteiger partial charge in [-0.05, 0) is 51.0 Å². The van der Waals surface area contributed by atoms with E-state index in [1.54, 1.807) is 18.5 Å². The van der Waals surface area contributed by atoms with Gasteiger partial charge < -0.3 is 15.2 Å². The maximum atomic E-state index is 12.4. The zero-order chi connectivity index (χ0) is 14.8. The minimum atomic E-state index is -0.103. The van der Waals surface area contributed by atoms with E-state index in [0.717, 1.165) is 31.4 Å². The minimum absolute atomic E-state index is 0.103. The van der Waals surface area contributed by atoms with Crippen molar-refractivity contribution < 1.29 is 4.79 Å². The first-order valence-corrected chi connectivity index (χ1v) is 7.60. The zero-order valence-electron chi connectivity index (χ0n) is 12.0. The lowest BCUT2D eigenvalue weighted by Gasteiger charge is -2.28. The first-order chi connectivity index (χ1) is 10.1. The van der Waals surface area contributed by atoms with Gasteiger partial charge in [-0.2, -0.15) is 0 Å². The van der Waals surface area contributed by atoms with Crippen molar-refractivity contribution in [2.24, 2.45) is 5.92 Å². The molecule has 1 aliphatic rings. The van der Waals surface area contributed by atoms with Gasteiger partial charge in [0.15, 0.2) is 0 Å². The van der Waals surface area contributed by atoms with Gasteiger partial charge in [0.1, 0.15) is 5.52 Å². The van der Waals surface area contributed by atoms with Crippen LogP contribution in [0.15, 0.2) is 18.5 Å². The standard InChI is InChI=1S/C15H19ClN4O/c1-20-4-2-10(3-5-20)8-17-15(21)12-6-11(16)7-13-14(12)19-9-18-13/h6-7,9-10H,2-5,8H2,1H3,(H,17,21)(H,18,19). The summed E-state index contributed by atoms with van der Waals surface area (Å²) in [4.78, 5) is 21.9. The molecule has 1 aliphatic heterocycles. The van der Waals surface area contributed by atoms with Crippen LogP contribution in [-0.4, -0.2) is 47.5 Å². The molecule has 2 N–H and O–H groups in total. The van der Waals surface area contributed by atoms with Crippen LogP contribution in [0.25, 0.3) is 11.0 Å². The van der Waals surface area contributed by atoms with E-state index in [1.807, 2.05) is 0 Å². The van der Waals surface area contributed by atoms with Crippen LogP contribution in [-0.2, 0) is 0 Å². The summed E-state index contributed by atoms with van der Waals surface area (Å²) >= 11 is 6.06. The number of carbonyl (C=O) groups excluding carboxylic acids is 1. The highest BCUT2D eigenvalue weighted by molar-refractivity contribution is 6.32. The predicted molar refractivity (Wildman–Crippen MR) is 83.7 cm³/mol. The fraction of sp³-hybridized carbons (Fsp3) is 0.467. The summed E-state index contributed by atoms with van der Waals surface area (Å²) < 4.78 is 0. The van der Waals surface area contributed by atoms with Crippen molar-refractivity contribution in [3.05, 3.63) is 29.0 Å². The number of H-pyrrole nitrogens is 1. The number of rotatable bonds is 3. The fourth-order valence-electron chi connectivity index (χ4n) is 2.79. The molecule has 0 spiro atoms. The van der Waals surface area contributed by atoms with Crippen LogP contribution >= 0.6 is 11.6 Å². The number of halogens is 1. The number of benzene rings is 1. The number of nitrogens with one attached hydrogen (secondary N) is 2. The zero-order valence-corrected chi connectivity index (χ0v) is 12.8. The predicted octanol–water partition coefficient (Wildman–Crippen LogP) is 2.29. The lowest BCUT2D eigenvalue weighted by molar-refractivity contribution is 0.0940. The van der Waals surface area contributed by atoms with Crippen LogP contribution in [0.1, 0.15) is 23.2 Å². The molecule has 0 unspecified atom stereocenters. The number of nitrogens with zero attached hydrogens (tertiary/aromatic N) is 2. The van der Waals surface area contributed by atoms with E-state index < -0.39 is 0 Å². The number of amides is 1. The second kappa shape index (κ2) is 6.03. The molecule has 0 atom stereocenters. The number of imidazole rings is 1. The highest BCUT2D eigenvalue weighted by Crippen LogP contribution is 2.21. The SMILES string of the molecule is CN1CCC(CNC(=O)c2cc(Cl)cc3[nH]cnc23)CC1. The molecule has 2 aromatic rings. The maximum Gasteiger partial charge on any atom is 0.253 e. The summed E-state index contributed by atoms with van der Waals surface area (Å²) in [7, 11) is 2.13. The second-order valence-electron chi connectivity index (χ2n) is 5.71. The first kappa shape index (κ1) is 14.4. The Labute approximate surface area is 128 Å². The van der Waals surface area contributed by atoms with Crippen molar-refractivity contribution in [2.45, 2.75) is 12.8 Å². The smallest absolute Gasteiger partial charge is 0.253 e. The van der Waals surface area contributed by atoms with Crippen molar-refractivity contribution in [3.63, 3.8) is 0 Å². The molecule has 6 heteroatoms. The highest BCUT2D eigenvalue weighted by Gasteiger charge is 2.19. The normalized spacial score (nSPS) is 17.2. The van der Waals surface area contributed by atoms with E-state index in [-0.39, 0.29) is 5.91 Å². The summed E-state index contributed by atoms with van der Waals surface area (Å²) in [5.74, 6) is 0.451. The lowest BCUT2D eigenvalue weighted by atomic mass is 9.97. The molecule has 1 amide bonds. The number of fused-ring (bicyclic) bond motifs is 1. The molecule has 3 rings (SSSR count). The minimum Gasteiger partial charge on any atom is -0.352 e. The number of carbonyl (C=O) groups is 1. The van der Waals surface area contributed by atoms with Gasteiger partial charge in [-0.25, -0.2) is 4.98 Å². The third-order valence-corrected chi connectivity index (χ3v) is 4.34. The Bertz CT molecular complexity index is 646. The fourth-order valence-corrected chi connectivity index (χ4v) is 3.00. The molecular formula is C15H19ClN4O. The number of hydrogen-bond acceptors (Lipinski definition) is 3. The summed E-state index contributed by atoms with van der Waals surface area (Å²) in [6, 6.07) is 3.45. The van der Waals surface area contributed by atoms with E-state index in [1.165, 1.54) is 0 Å². The molecular weight excluding hydrogens is 288 g/mol.